The summed E-state index contributed by atoms with van der Waals surface area (Å²) in [6.07, 6.45) is -0.159. The van der Waals surface area contributed by atoms with E-state index in [0.29, 0.717) is 10.6 Å². The van der Waals surface area contributed by atoms with Gasteiger partial charge in [-0.1, -0.05) is 33.6 Å². The van der Waals surface area contributed by atoms with Crippen molar-refractivity contribution in [1.29, 1.82) is 0 Å². The van der Waals surface area contributed by atoms with Crippen LogP contribution in [0.2, 0.25) is 5.02 Å². The molecule has 0 aliphatic heterocycles. The van der Waals surface area contributed by atoms with Crippen LogP contribution in [0.4, 0.5) is 8.78 Å². The molecular formula is C14H8BrClF2O. The van der Waals surface area contributed by atoms with Gasteiger partial charge < -0.3 is 0 Å². The second-order valence-electron chi connectivity index (χ2n) is 3.96. The minimum atomic E-state index is -0.735. The second-order valence-corrected chi connectivity index (χ2v) is 5.28. The van der Waals surface area contributed by atoms with Crippen molar-refractivity contribution < 1.29 is 13.6 Å². The van der Waals surface area contributed by atoms with Gasteiger partial charge in [0.25, 0.3) is 0 Å². The number of Topliss-reactive ketones (excluding diaryl/α,β-unsaturated/α-hetero) is 1. The average molecular weight is 346 g/mol. The van der Waals surface area contributed by atoms with Crippen molar-refractivity contribution in [3.8, 4) is 0 Å². The standard InChI is InChI=1S/C14H8BrClF2O/c15-9-2-4-11(12(16)6-9)14(19)5-8-1-3-10(17)7-13(8)18/h1-4,6-7H,5H2. The summed E-state index contributed by atoms with van der Waals surface area (Å²) in [5.41, 5.74) is 0.457. The van der Waals surface area contributed by atoms with Crippen LogP contribution in [0.15, 0.2) is 40.9 Å². The number of hydrogen-bond donors (Lipinski definition) is 0. The van der Waals surface area contributed by atoms with Crippen LogP contribution in [0.1, 0.15) is 15.9 Å². The van der Waals surface area contributed by atoms with Crippen molar-refractivity contribution in [2.75, 3.05) is 0 Å². The molecule has 0 heterocycles. The molecule has 0 saturated heterocycles. The van der Waals surface area contributed by atoms with E-state index in [1.54, 1.807) is 18.2 Å². The molecule has 2 aromatic rings. The number of benzene rings is 2. The zero-order chi connectivity index (χ0) is 14.0. The molecule has 2 rings (SSSR count). The van der Waals surface area contributed by atoms with Crippen molar-refractivity contribution in [3.05, 3.63) is 68.7 Å². The van der Waals surface area contributed by atoms with Gasteiger partial charge in [-0.05, 0) is 29.8 Å². The predicted molar refractivity (Wildman–Crippen MR) is 73.5 cm³/mol. The largest absolute Gasteiger partial charge is 0.294 e. The molecule has 2 aromatic carbocycles. The first-order chi connectivity index (χ1) is 8.97. The smallest absolute Gasteiger partial charge is 0.168 e. The van der Waals surface area contributed by atoms with Crippen LogP contribution in [0.5, 0.6) is 0 Å². The zero-order valence-corrected chi connectivity index (χ0v) is 11.9. The lowest BCUT2D eigenvalue weighted by molar-refractivity contribution is 0.0992. The Morgan fingerprint density at radius 2 is 1.89 bits per heavy atom. The van der Waals surface area contributed by atoms with E-state index in [1.165, 1.54) is 6.07 Å². The lowest BCUT2D eigenvalue weighted by Crippen LogP contribution is -2.06. The maximum atomic E-state index is 13.5. The van der Waals surface area contributed by atoms with Gasteiger partial charge >= 0.3 is 0 Å². The molecule has 0 unspecified atom stereocenters. The predicted octanol–water partition coefficient (Wildman–Crippen LogP) is 4.81. The lowest BCUT2D eigenvalue weighted by Gasteiger charge is -2.05. The fraction of sp³-hybridized carbons (Fsp3) is 0.0714. The fourth-order valence-electron chi connectivity index (χ4n) is 1.65. The van der Waals surface area contributed by atoms with Crippen molar-refractivity contribution in [2.45, 2.75) is 6.42 Å². The highest BCUT2D eigenvalue weighted by atomic mass is 79.9. The Bertz CT molecular complexity index is 643. The van der Waals surface area contributed by atoms with Crippen LogP contribution >= 0.6 is 27.5 Å². The molecule has 1 nitrogen and oxygen atoms in total. The van der Waals surface area contributed by atoms with Gasteiger partial charge in [-0.2, -0.15) is 0 Å². The van der Waals surface area contributed by atoms with E-state index in [2.05, 4.69) is 15.9 Å². The SMILES string of the molecule is O=C(Cc1ccc(F)cc1F)c1ccc(Br)cc1Cl. The van der Waals surface area contributed by atoms with Crippen LogP contribution in [0.3, 0.4) is 0 Å². The summed E-state index contributed by atoms with van der Waals surface area (Å²) in [5.74, 6) is -1.72. The molecule has 0 atom stereocenters. The second kappa shape index (κ2) is 5.80. The molecule has 0 saturated carbocycles. The molecule has 0 bridgehead atoms. The van der Waals surface area contributed by atoms with E-state index >= 15 is 0 Å². The van der Waals surface area contributed by atoms with Gasteiger partial charge in [-0.25, -0.2) is 8.78 Å². The van der Waals surface area contributed by atoms with Gasteiger partial charge in [0.1, 0.15) is 11.6 Å². The van der Waals surface area contributed by atoms with E-state index in [0.717, 1.165) is 16.6 Å². The number of carbonyl (C=O) groups is 1. The van der Waals surface area contributed by atoms with Crippen LogP contribution < -0.4 is 0 Å². The van der Waals surface area contributed by atoms with Crippen molar-refractivity contribution in [1.82, 2.24) is 0 Å². The molecule has 5 heteroatoms. The summed E-state index contributed by atoms with van der Waals surface area (Å²) in [5, 5.41) is 0.293. The summed E-state index contributed by atoms with van der Waals surface area (Å²) in [6.45, 7) is 0. The van der Waals surface area contributed by atoms with Crippen molar-refractivity contribution in [3.63, 3.8) is 0 Å². The van der Waals surface area contributed by atoms with Crippen LogP contribution in [0.25, 0.3) is 0 Å². The topological polar surface area (TPSA) is 17.1 Å². The van der Waals surface area contributed by atoms with Gasteiger partial charge in [0, 0.05) is 22.5 Å². The first-order valence-corrected chi connectivity index (χ1v) is 6.56. The number of halogens is 4. The summed E-state index contributed by atoms with van der Waals surface area (Å²) in [4.78, 5) is 12.0. The van der Waals surface area contributed by atoms with Crippen LogP contribution in [-0.2, 0) is 6.42 Å². The highest BCUT2D eigenvalue weighted by molar-refractivity contribution is 9.10. The molecule has 0 spiro atoms. The van der Waals surface area contributed by atoms with Gasteiger partial charge in [-0.3, -0.25) is 4.79 Å². The zero-order valence-electron chi connectivity index (χ0n) is 9.59. The molecule has 0 N–H and O–H groups in total. The lowest BCUT2D eigenvalue weighted by atomic mass is 10.0. The summed E-state index contributed by atoms with van der Waals surface area (Å²) >= 11 is 9.19. The quantitative estimate of drug-likeness (QED) is 0.730. The third-order valence-electron chi connectivity index (χ3n) is 2.60. The third kappa shape index (κ3) is 3.39. The number of hydrogen-bond acceptors (Lipinski definition) is 1. The van der Waals surface area contributed by atoms with Crippen molar-refractivity contribution in [2.24, 2.45) is 0 Å². The first kappa shape index (κ1) is 14.2. The summed E-state index contributed by atoms with van der Waals surface area (Å²) in [7, 11) is 0. The molecule has 98 valence electrons. The van der Waals surface area contributed by atoms with E-state index in [1.807, 2.05) is 0 Å². The van der Waals surface area contributed by atoms with E-state index in [9.17, 15) is 13.6 Å². The van der Waals surface area contributed by atoms with Crippen LogP contribution in [-0.4, -0.2) is 5.78 Å². The molecule has 0 aromatic heterocycles. The normalized spacial score (nSPS) is 10.5. The molecular weight excluding hydrogens is 338 g/mol. The molecule has 0 aliphatic rings. The molecule has 19 heavy (non-hydrogen) atoms. The van der Waals surface area contributed by atoms with Gasteiger partial charge in [-0.15, -0.1) is 0 Å². The maximum Gasteiger partial charge on any atom is 0.168 e. The summed E-state index contributed by atoms with van der Waals surface area (Å²) < 4.78 is 27.0. The van der Waals surface area contributed by atoms with Gasteiger partial charge in [0.05, 0.1) is 5.02 Å². The number of ketones is 1. The van der Waals surface area contributed by atoms with Gasteiger partial charge in [0.15, 0.2) is 5.78 Å². The molecule has 0 aliphatic carbocycles. The van der Waals surface area contributed by atoms with E-state index in [4.69, 9.17) is 11.6 Å². The minimum Gasteiger partial charge on any atom is -0.294 e. The Morgan fingerprint density at radius 3 is 2.53 bits per heavy atom. The number of rotatable bonds is 3. The monoisotopic (exact) mass is 344 g/mol. The number of carbonyl (C=O) groups excluding carboxylic acids is 1. The average Bonchev–Trinajstić information content (AvgIpc) is 2.32. The molecule has 0 amide bonds. The fourth-order valence-corrected chi connectivity index (χ4v) is 2.43. The van der Waals surface area contributed by atoms with Crippen LogP contribution in [0, 0.1) is 11.6 Å². The van der Waals surface area contributed by atoms with E-state index < -0.39 is 11.6 Å². The first-order valence-electron chi connectivity index (χ1n) is 5.39. The molecule has 0 fully saturated rings. The Morgan fingerprint density at radius 1 is 1.16 bits per heavy atom. The van der Waals surface area contributed by atoms with Crippen molar-refractivity contribution >= 4 is 33.3 Å². The highest BCUT2D eigenvalue weighted by Gasteiger charge is 2.14. The highest BCUT2D eigenvalue weighted by Crippen LogP contribution is 2.23. The van der Waals surface area contributed by atoms with Gasteiger partial charge in [0.2, 0.25) is 0 Å². The Kier molecular flexibility index (Phi) is 4.32. The minimum absolute atomic E-state index is 0.144. The Labute approximate surface area is 122 Å². The maximum absolute atomic E-state index is 13.5. The summed E-state index contributed by atoms with van der Waals surface area (Å²) in [6, 6.07) is 7.97. The Balaban J connectivity index is 2.25. The molecule has 0 radical (unpaired) electrons. The van der Waals surface area contributed by atoms with E-state index in [-0.39, 0.29) is 17.8 Å². The Hall–Kier alpha value is -1.26. The third-order valence-corrected chi connectivity index (χ3v) is 3.40.